The van der Waals surface area contributed by atoms with E-state index in [4.69, 9.17) is 9.72 Å². The fraction of sp³-hybridized carbons (Fsp3) is 0.729. The summed E-state index contributed by atoms with van der Waals surface area (Å²) in [5.41, 5.74) is 0.753. The Morgan fingerprint density at radius 1 is 0.912 bits per heavy atom. The summed E-state index contributed by atoms with van der Waals surface area (Å²) in [5, 5.41) is 17.5. The molecule has 57 heavy (non-hydrogen) atoms. The molecule has 310 valence electrons. The molecule has 0 radical (unpaired) electrons. The standard InChI is InChI=1S/C48H68N4O5/c1-29(2)31-19-24-48(41(54)52-27-13-16-33(52)40-49-39(50-51-40)30-14-11-10-12-15-30)26-25-46(8)32(38(31)48)17-18-35-45(7)22-21-36(57-37(53)28-43(3,4)42(55)56)44(5,6)34(45)20-23-47(35,46)9/h10-12,14-15,31-36,38H,1,13,16-28H2,2-9H3,(H,55,56)(H,49,50,51)/t31-,32+,33-,34-,35+,36-,38+,45-,46+,47+,48-/m0/s1. The molecule has 0 bridgehead atoms. The van der Waals surface area contributed by atoms with Gasteiger partial charge in [0.05, 0.1) is 23.3 Å². The number of ether oxygens (including phenoxy) is 1. The molecule has 2 N–H and O–H groups in total. The Morgan fingerprint density at radius 3 is 2.35 bits per heavy atom. The molecule has 8 rings (SSSR count). The third-order valence-electron chi connectivity index (χ3n) is 18.2. The van der Waals surface area contributed by atoms with Crippen LogP contribution in [-0.4, -0.2) is 55.7 Å². The van der Waals surface area contributed by atoms with Crippen LogP contribution in [0.4, 0.5) is 0 Å². The lowest BCUT2D eigenvalue weighted by Crippen LogP contribution is -2.67. The van der Waals surface area contributed by atoms with Gasteiger partial charge in [0.2, 0.25) is 5.91 Å². The Bertz CT molecular complexity index is 1920. The topological polar surface area (TPSA) is 125 Å². The molecule has 1 aromatic carbocycles. The van der Waals surface area contributed by atoms with Gasteiger partial charge in [-0.3, -0.25) is 19.5 Å². The number of nitrogens with zero attached hydrogens (tertiary/aromatic N) is 3. The summed E-state index contributed by atoms with van der Waals surface area (Å²) >= 11 is 0. The maximum Gasteiger partial charge on any atom is 0.309 e. The number of benzene rings is 1. The highest BCUT2D eigenvalue weighted by molar-refractivity contribution is 5.85. The molecule has 6 fully saturated rings. The van der Waals surface area contributed by atoms with E-state index in [1.54, 1.807) is 13.8 Å². The number of rotatable bonds is 8. The minimum atomic E-state index is -1.16. The number of hydrogen-bond donors (Lipinski definition) is 2. The second kappa shape index (κ2) is 13.8. The Balaban J connectivity index is 1.06. The van der Waals surface area contributed by atoms with Gasteiger partial charge < -0.3 is 14.7 Å². The zero-order chi connectivity index (χ0) is 40.9. The van der Waals surface area contributed by atoms with Gasteiger partial charge in [-0.25, -0.2) is 4.98 Å². The molecule has 2 aromatic rings. The van der Waals surface area contributed by atoms with E-state index in [0.717, 1.165) is 95.0 Å². The summed E-state index contributed by atoms with van der Waals surface area (Å²) in [6.07, 6.45) is 11.8. The van der Waals surface area contributed by atoms with Gasteiger partial charge in [0.15, 0.2) is 5.82 Å². The van der Waals surface area contributed by atoms with E-state index in [-0.39, 0.29) is 51.6 Å². The van der Waals surface area contributed by atoms with Crippen LogP contribution in [0.2, 0.25) is 0 Å². The third-order valence-corrected chi connectivity index (χ3v) is 18.2. The number of carbonyl (C=O) groups excluding carboxylic acids is 2. The lowest BCUT2D eigenvalue weighted by molar-refractivity contribution is -0.250. The molecule has 1 aromatic heterocycles. The van der Waals surface area contributed by atoms with Crippen molar-refractivity contribution in [3.63, 3.8) is 0 Å². The smallest absolute Gasteiger partial charge is 0.309 e. The predicted molar refractivity (Wildman–Crippen MR) is 220 cm³/mol. The van der Waals surface area contributed by atoms with Crippen molar-refractivity contribution in [2.75, 3.05) is 6.54 Å². The first-order chi connectivity index (χ1) is 26.8. The van der Waals surface area contributed by atoms with E-state index >= 15 is 4.79 Å². The van der Waals surface area contributed by atoms with Gasteiger partial charge in [-0.2, -0.15) is 5.10 Å². The van der Waals surface area contributed by atoms with E-state index in [1.165, 1.54) is 5.57 Å². The molecule has 1 saturated heterocycles. The molecule has 5 saturated carbocycles. The second-order valence-corrected chi connectivity index (χ2v) is 21.6. The minimum Gasteiger partial charge on any atom is -0.481 e. The van der Waals surface area contributed by atoms with Gasteiger partial charge in [0.1, 0.15) is 11.9 Å². The first-order valence-corrected chi connectivity index (χ1v) is 22.2. The largest absolute Gasteiger partial charge is 0.481 e. The number of nitrogens with one attached hydrogen (secondary N) is 1. The number of allylic oxidation sites excluding steroid dienone is 1. The SMILES string of the molecule is C=C(C)[C@@H]1CC[C@]2(C(=O)N3CCC[C@H]3c3nc(-c4ccccc4)n[nH]3)CC[C@]3(C)[C@H](CC[C@@H]4[C@@]5(C)CC[C@H](OC(=O)CC(C)(C)C(=O)O)C(C)(C)[C@@H]5CC[C@]43C)[C@@H]12. The maximum absolute atomic E-state index is 15.5. The van der Waals surface area contributed by atoms with Crippen LogP contribution >= 0.6 is 0 Å². The van der Waals surface area contributed by atoms with Gasteiger partial charge in [-0.1, -0.05) is 77.1 Å². The Kier molecular flexibility index (Phi) is 9.75. The minimum absolute atomic E-state index is 0.0837. The van der Waals surface area contributed by atoms with Gasteiger partial charge in [0.25, 0.3) is 0 Å². The van der Waals surface area contributed by atoms with E-state index < -0.39 is 17.4 Å². The van der Waals surface area contributed by atoms with E-state index in [1.807, 2.05) is 30.3 Å². The molecule has 2 heterocycles. The summed E-state index contributed by atoms with van der Waals surface area (Å²) in [4.78, 5) is 47.6. The molecule has 9 heteroatoms. The summed E-state index contributed by atoms with van der Waals surface area (Å²) < 4.78 is 6.21. The molecule has 0 unspecified atom stereocenters. The third kappa shape index (κ3) is 5.99. The molecule has 1 amide bonds. The molecule has 1 aliphatic heterocycles. The zero-order valence-corrected chi connectivity index (χ0v) is 36.0. The van der Waals surface area contributed by atoms with Gasteiger partial charge in [0, 0.05) is 17.5 Å². The van der Waals surface area contributed by atoms with Crippen molar-refractivity contribution in [3.8, 4) is 11.4 Å². The highest BCUT2D eigenvalue weighted by Gasteiger charge is 2.72. The highest BCUT2D eigenvalue weighted by atomic mass is 16.5. The van der Waals surface area contributed by atoms with Crippen LogP contribution in [0.1, 0.15) is 151 Å². The van der Waals surface area contributed by atoms with Crippen molar-refractivity contribution in [2.24, 2.45) is 62.1 Å². The normalized spacial score (nSPS) is 39.6. The van der Waals surface area contributed by atoms with Crippen LogP contribution in [0.3, 0.4) is 0 Å². The lowest BCUT2D eigenvalue weighted by Gasteiger charge is -2.73. The molecule has 6 aliphatic rings. The van der Waals surface area contributed by atoms with Crippen LogP contribution in [0, 0.1) is 62.1 Å². The van der Waals surface area contributed by atoms with Crippen molar-refractivity contribution in [2.45, 2.75) is 151 Å². The second-order valence-electron chi connectivity index (χ2n) is 21.6. The summed E-state index contributed by atoms with van der Waals surface area (Å²) in [7, 11) is 0. The monoisotopic (exact) mass is 781 g/mol. The van der Waals surface area contributed by atoms with Gasteiger partial charge in [-0.05, 0) is 144 Å². The number of carboxylic acids is 1. The number of aliphatic carboxylic acids is 1. The average Bonchev–Trinajstić information content (AvgIpc) is 3.92. The van der Waals surface area contributed by atoms with E-state index in [2.05, 4.69) is 63.2 Å². The maximum atomic E-state index is 15.5. The number of likely N-dealkylation sites (tertiary alicyclic amines) is 1. The first kappa shape index (κ1) is 40.3. The Hall–Kier alpha value is -3.49. The van der Waals surface area contributed by atoms with Crippen molar-refractivity contribution < 1.29 is 24.2 Å². The number of esters is 1. The predicted octanol–water partition coefficient (Wildman–Crippen LogP) is 10.2. The number of aromatic amines is 1. The molecule has 9 nitrogen and oxygen atoms in total. The van der Waals surface area contributed by atoms with Crippen LogP contribution in [0.25, 0.3) is 11.4 Å². The number of aromatic nitrogens is 3. The van der Waals surface area contributed by atoms with Crippen molar-refractivity contribution >= 4 is 17.8 Å². The Morgan fingerprint density at radius 2 is 1.65 bits per heavy atom. The fourth-order valence-electron chi connectivity index (χ4n) is 15.1. The van der Waals surface area contributed by atoms with Gasteiger partial charge in [-0.15, -0.1) is 0 Å². The Labute approximate surface area is 340 Å². The lowest BCUT2D eigenvalue weighted by atomic mass is 9.32. The number of carboxylic acid groups (broad SMARTS) is 1. The molecule has 11 atom stereocenters. The van der Waals surface area contributed by atoms with Crippen LogP contribution in [0.5, 0.6) is 0 Å². The first-order valence-electron chi connectivity index (χ1n) is 22.2. The molecular weight excluding hydrogens is 713 g/mol. The van der Waals surface area contributed by atoms with Crippen molar-refractivity contribution in [3.05, 3.63) is 48.3 Å². The van der Waals surface area contributed by atoms with E-state index in [9.17, 15) is 14.7 Å². The summed E-state index contributed by atoms with van der Waals surface area (Å²) in [6.45, 7) is 23.2. The summed E-state index contributed by atoms with van der Waals surface area (Å²) in [6, 6.07) is 9.98. The fourth-order valence-corrected chi connectivity index (χ4v) is 15.1. The number of carbonyl (C=O) groups is 3. The quantitative estimate of drug-likeness (QED) is 0.202. The van der Waals surface area contributed by atoms with Gasteiger partial charge >= 0.3 is 11.9 Å². The summed E-state index contributed by atoms with van der Waals surface area (Å²) in [5.74, 6) is 2.45. The number of hydrogen-bond acceptors (Lipinski definition) is 6. The van der Waals surface area contributed by atoms with Crippen LogP contribution < -0.4 is 0 Å². The van der Waals surface area contributed by atoms with Crippen molar-refractivity contribution in [1.82, 2.24) is 20.1 Å². The number of H-pyrrole nitrogens is 1. The zero-order valence-electron chi connectivity index (χ0n) is 36.0. The highest BCUT2D eigenvalue weighted by Crippen LogP contribution is 2.78. The number of amides is 1. The molecule has 0 spiro atoms. The van der Waals surface area contributed by atoms with E-state index in [0.29, 0.717) is 35.4 Å². The van der Waals surface area contributed by atoms with Crippen molar-refractivity contribution in [1.29, 1.82) is 0 Å². The molecular formula is C48H68N4O5. The van der Waals surface area contributed by atoms with Crippen LogP contribution in [0.15, 0.2) is 42.5 Å². The number of fused-ring (bicyclic) bond motifs is 7. The van der Waals surface area contributed by atoms with Crippen LogP contribution in [-0.2, 0) is 19.1 Å². The molecule has 5 aliphatic carbocycles. The average molecular weight is 781 g/mol.